The fraction of sp³-hybridized carbons (Fsp3) is 0.600. The Bertz CT molecular complexity index is 335. The number of nitrogens with zero attached hydrogens (tertiary/aromatic N) is 2. The van der Waals surface area contributed by atoms with E-state index in [-0.39, 0.29) is 12.4 Å². The lowest BCUT2D eigenvalue weighted by atomic mass is 10.2. The van der Waals surface area contributed by atoms with Crippen molar-refractivity contribution in [1.82, 2.24) is 9.97 Å². The highest BCUT2D eigenvalue weighted by Gasteiger charge is 2.08. The van der Waals surface area contributed by atoms with Crippen LogP contribution in [0.2, 0.25) is 0 Å². The van der Waals surface area contributed by atoms with Crippen molar-refractivity contribution in [1.29, 1.82) is 0 Å². The molecule has 1 aromatic rings. The molecule has 0 aromatic carbocycles. The van der Waals surface area contributed by atoms with Gasteiger partial charge in [0.1, 0.15) is 0 Å². The summed E-state index contributed by atoms with van der Waals surface area (Å²) < 4.78 is 13.2. The third kappa shape index (κ3) is 3.62. The minimum Gasteiger partial charge on any atom is -0.391 e. The van der Waals surface area contributed by atoms with Crippen LogP contribution in [0, 0.1) is 5.82 Å². The molecule has 0 aliphatic rings. The summed E-state index contributed by atoms with van der Waals surface area (Å²) in [5.41, 5.74) is 0. The largest absolute Gasteiger partial charge is 0.391 e. The van der Waals surface area contributed by atoms with Crippen molar-refractivity contribution < 1.29 is 9.50 Å². The molecular weight excluding hydrogens is 211 g/mol. The van der Waals surface area contributed by atoms with Gasteiger partial charge in [0.25, 0.3) is 0 Å². The van der Waals surface area contributed by atoms with Crippen molar-refractivity contribution in [2.45, 2.75) is 25.9 Å². The minimum absolute atomic E-state index is 0.106. The van der Waals surface area contributed by atoms with Gasteiger partial charge in [-0.05, 0) is 6.42 Å². The normalized spacial score (nSPS) is 12.2. The average molecular weight is 228 g/mol. The molecule has 0 spiro atoms. The molecule has 1 heterocycles. The van der Waals surface area contributed by atoms with Gasteiger partial charge in [-0.1, -0.05) is 13.3 Å². The van der Waals surface area contributed by atoms with Crippen LogP contribution in [0.25, 0.3) is 0 Å². The highest BCUT2D eigenvalue weighted by atomic mass is 19.1. The molecule has 0 bridgehead atoms. The number of hydrogen-bond acceptors (Lipinski definition) is 5. The van der Waals surface area contributed by atoms with Crippen LogP contribution in [-0.4, -0.2) is 34.8 Å². The molecule has 90 valence electrons. The number of hydrogen-bond donors (Lipinski definition) is 3. The van der Waals surface area contributed by atoms with E-state index in [1.807, 2.05) is 6.92 Å². The molecule has 1 aromatic heterocycles. The van der Waals surface area contributed by atoms with Gasteiger partial charge in [0.05, 0.1) is 12.3 Å². The van der Waals surface area contributed by atoms with Crippen LogP contribution in [0.5, 0.6) is 0 Å². The molecule has 0 fully saturated rings. The number of aliphatic hydroxyl groups excluding tert-OH is 1. The Morgan fingerprint density at radius 3 is 2.94 bits per heavy atom. The van der Waals surface area contributed by atoms with Gasteiger partial charge in [-0.25, -0.2) is 9.37 Å². The third-order valence-electron chi connectivity index (χ3n) is 2.09. The molecule has 16 heavy (non-hydrogen) atoms. The molecule has 0 saturated heterocycles. The Balaban J connectivity index is 2.58. The molecule has 0 amide bonds. The minimum atomic E-state index is -0.525. The first-order valence-corrected chi connectivity index (χ1v) is 5.29. The van der Waals surface area contributed by atoms with Gasteiger partial charge >= 0.3 is 0 Å². The van der Waals surface area contributed by atoms with E-state index in [1.165, 1.54) is 0 Å². The van der Waals surface area contributed by atoms with E-state index in [0.29, 0.717) is 12.4 Å². The van der Waals surface area contributed by atoms with Crippen molar-refractivity contribution in [2.75, 3.05) is 24.2 Å². The van der Waals surface area contributed by atoms with Crippen LogP contribution in [0.1, 0.15) is 19.8 Å². The van der Waals surface area contributed by atoms with E-state index in [0.717, 1.165) is 12.6 Å². The Labute approximate surface area is 94.1 Å². The maximum atomic E-state index is 13.2. The van der Waals surface area contributed by atoms with Crippen LogP contribution in [0.4, 0.5) is 16.2 Å². The van der Waals surface area contributed by atoms with Gasteiger partial charge in [-0.2, -0.15) is 4.98 Å². The molecule has 0 radical (unpaired) electrons. The van der Waals surface area contributed by atoms with E-state index in [1.54, 1.807) is 7.05 Å². The summed E-state index contributed by atoms with van der Waals surface area (Å²) in [5.74, 6) is -0.0777. The summed E-state index contributed by atoms with van der Waals surface area (Å²) >= 11 is 0. The monoisotopic (exact) mass is 228 g/mol. The summed E-state index contributed by atoms with van der Waals surface area (Å²) in [4.78, 5) is 7.62. The molecular formula is C10H17FN4O. The van der Waals surface area contributed by atoms with Gasteiger partial charge < -0.3 is 15.7 Å². The van der Waals surface area contributed by atoms with Crippen LogP contribution in [-0.2, 0) is 0 Å². The molecule has 3 N–H and O–H groups in total. The van der Waals surface area contributed by atoms with Gasteiger partial charge in [0.2, 0.25) is 5.95 Å². The molecule has 1 atom stereocenters. The zero-order chi connectivity index (χ0) is 12.0. The first-order valence-electron chi connectivity index (χ1n) is 5.29. The van der Waals surface area contributed by atoms with Gasteiger partial charge in [-0.3, -0.25) is 0 Å². The summed E-state index contributed by atoms with van der Waals surface area (Å²) in [6.45, 7) is 2.26. The van der Waals surface area contributed by atoms with E-state index in [2.05, 4.69) is 20.6 Å². The van der Waals surface area contributed by atoms with Crippen molar-refractivity contribution in [3.63, 3.8) is 0 Å². The maximum Gasteiger partial charge on any atom is 0.224 e. The van der Waals surface area contributed by atoms with E-state index >= 15 is 0 Å². The summed E-state index contributed by atoms with van der Waals surface area (Å²) in [7, 11) is 1.66. The molecule has 0 saturated carbocycles. The van der Waals surface area contributed by atoms with Crippen LogP contribution in [0.3, 0.4) is 0 Å². The van der Waals surface area contributed by atoms with Crippen LogP contribution >= 0.6 is 0 Å². The van der Waals surface area contributed by atoms with Crippen molar-refractivity contribution >= 4 is 11.8 Å². The molecule has 0 aliphatic carbocycles. The highest BCUT2D eigenvalue weighted by molar-refractivity contribution is 5.40. The number of aliphatic hydroxyl groups is 1. The summed E-state index contributed by atoms with van der Waals surface area (Å²) in [6, 6.07) is 0. The second-order valence-corrected chi connectivity index (χ2v) is 3.46. The number of rotatable bonds is 6. The summed E-state index contributed by atoms with van der Waals surface area (Å²) in [6.07, 6.45) is 2.17. The topological polar surface area (TPSA) is 70.1 Å². The lowest BCUT2D eigenvalue weighted by molar-refractivity contribution is 0.176. The standard InChI is InChI=1S/C10H17FN4O/c1-3-4-7(16)5-13-9-8(11)6-14-10(12-2)15-9/h6-7,16H,3-5H2,1-2H3,(H2,12,13,14,15). The van der Waals surface area contributed by atoms with Crippen molar-refractivity contribution in [3.8, 4) is 0 Å². The number of aromatic nitrogens is 2. The predicted molar refractivity (Wildman–Crippen MR) is 60.9 cm³/mol. The fourth-order valence-electron chi connectivity index (χ4n) is 1.26. The average Bonchev–Trinajstić information content (AvgIpc) is 2.28. The molecule has 1 rings (SSSR count). The van der Waals surface area contributed by atoms with Crippen LogP contribution in [0.15, 0.2) is 6.20 Å². The zero-order valence-corrected chi connectivity index (χ0v) is 9.50. The number of anilines is 2. The highest BCUT2D eigenvalue weighted by Crippen LogP contribution is 2.11. The number of halogens is 1. The smallest absolute Gasteiger partial charge is 0.224 e. The lowest BCUT2D eigenvalue weighted by Crippen LogP contribution is -2.20. The van der Waals surface area contributed by atoms with Crippen molar-refractivity contribution in [3.05, 3.63) is 12.0 Å². The quantitative estimate of drug-likeness (QED) is 0.683. The predicted octanol–water partition coefficient (Wildman–Crippen LogP) is 1.23. The Morgan fingerprint density at radius 1 is 1.56 bits per heavy atom. The van der Waals surface area contributed by atoms with E-state index in [9.17, 15) is 9.50 Å². The number of nitrogens with one attached hydrogen (secondary N) is 2. The third-order valence-corrected chi connectivity index (χ3v) is 2.09. The van der Waals surface area contributed by atoms with Gasteiger partial charge in [0.15, 0.2) is 11.6 Å². The second-order valence-electron chi connectivity index (χ2n) is 3.46. The Morgan fingerprint density at radius 2 is 2.31 bits per heavy atom. The fourth-order valence-corrected chi connectivity index (χ4v) is 1.26. The Kier molecular flexibility index (Phi) is 4.91. The first kappa shape index (κ1) is 12.6. The lowest BCUT2D eigenvalue weighted by Gasteiger charge is -2.12. The van der Waals surface area contributed by atoms with Gasteiger partial charge in [0, 0.05) is 13.6 Å². The molecule has 1 unspecified atom stereocenters. The zero-order valence-electron chi connectivity index (χ0n) is 9.50. The molecule has 5 nitrogen and oxygen atoms in total. The van der Waals surface area contributed by atoms with E-state index < -0.39 is 11.9 Å². The maximum absolute atomic E-state index is 13.2. The summed E-state index contributed by atoms with van der Waals surface area (Å²) in [5, 5.41) is 15.0. The van der Waals surface area contributed by atoms with Gasteiger partial charge in [-0.15, -0.1) is 0 Å². The second kappa shape index (κ2) is 6.22. The van der Waals surface area contributed by atoms with Crippen molar-refractivity contribution in [2.24, 2.45) is 0 Å². The molecule has 6 heteroatoms. The Hall–Kier alpha value is -1.43. The van der Waals surface area contributed by atoms with E-state index in [4.69, 9.17) is 0 Å². The SMILES string of the molecule is CCCC(O)CNc1nc(NC)ncc1F. The first-order chi connectivity index (χ1) is 7.67. The van der Waals surface area contributed by atoms with Crippen LogP contribution < -0.4 is 10.6 Å². The molecule has 0 aliphatic heterocycles.